The highest BCUT2D eigenvalue weighted by Crippen LogP contribution is 2.15. The average molecular weight is 853 g/mol. The van der Waals surface area contributed by atoms with Gasteiger partial charge in [-0.25, -0.2) is 0 Å². The van der Waals surface area contributed by atoms with Crippen LogP contribution in [0.2, 0.25) is 0 Å². The van der Waals surface area contributed by atoms with Crippen LogP contribution in [0, 0.1) is 0 Å². The van der Waals surface area contributed by atoms with Gasteiger partial charge in [-0.1, -0.05) is 216 Å². The van der Waals surface area contributed by atoms with E-state index in [1.807, 2.05) is 0 Å². The van der Waals surface area contributed by atoms with Gasteiger partial charge in [-0.2, -0.15) is 0 Å². The fraction of sp³-hybridized carbons (Fsp3) is 0.764. The summed E-state index contributed by atoms with van der Waals surface area (Å²) in [6, 6.07) is 0. The van der Waals surface area contributed by atoms with Crippen molar-refractivity contribution in [3.8, 4) is 0 Å². The summed E-state index contributed by atoms with van der Waals surface area (Å²) < 4.78 is 16.8. The number of hydrogen-bond acceptors (Lipinski definition) is 6. The Morgan fingerprint density at radius 2 is 0.689 bits per heavy atom. The van der Waals surface area contributed by atoms with Crippen LogP contribution in [-0.4, -0.2) is 37.2 Å². The maximum absolute atomic E-state index is 12.8. The van der Waals surface area contributed by atoms with Crippen LogP contribution in [0.4, 0.5) is 0 Å². The number of hydrogen-bond donors (Lipinski definition) is 0. The second kappa shape index (κ2) is 49.8. The minimum atomic E-state index is -0.779. The minimum Gasteiger partial charge on any atom is -0.462 e. The highest BCUT2D eigenvalue weighted by atomic mass is 16.6. The zero-order chi connectivity index (χ0) is 44.4. The van der Waals surface area contributed by atoms with Crippen LogP contribution in [0.3, 0.4) is 0 Å². The van der Waals surface area contributed by atoms with Gasteiger partial charge in [-0.15, -0.1) is 0 Å². The van der Waals surface area contributed by atoms with E-state index < -0.39 is 6.10 Å². The molecule has 0 amide bonds. The molecule has 0 bridgehead atoms. The molecule has 0 saturated heterocycles. The van der Waals surface area contributed by atoms with Crippen molar-refractivity contribution in [2.24, 2.45) is 0 Å². The number of allylic oxidation sites excluding steroid dienone is 10. The first-order chi connectivity index (χ1) is 30.0. The zero-order valence-electron chi connectivity index (χ0n) is 40.2. The maximum Gasteiger partial charge on any atom is 0.306 e. The lowest BCUT2D eigenvalue weighted by Gasteiger charge is -2.18. The highest BCUT2D eigenvalue weighted by molar-refractivity contribution is 5.71. The van der Waals surface area contributed by atoms with Crippen molar-refractivity contribution in [3.05, 3.63) is 60.8 Å². The highest BCUT2D eigenvalue weighted by Gasteiger charge is 2.19. The minimum absolute atomic E-state index is 0.0793. The lowest BCUT2D eigenvalue weighted by molar-refractivity contribution is -0.167. The number of esters is 3. The molecule has 0 N–H and O–H groups in total. The van der Waals surface area contributed by atoms with Gasteiger partial charge in [0.05, 0.1) is 0 Å². The molecular weight excluding hydrogens is 757 g/mol. The molecule has 6 nitrogen and oxygen atoms in total. The smallest absolute Gasteiger partial charge is 0.306 e. The van der Waals surface area contributed by atoms with Gasteiger partial charge in [0.25, 0.3) is 0 Å². The van der Waals surface area contributed by atoms with Crippen LogP contribution >= 0.6 is 0 Å². The molecule has 1 atom stereocenters. The Balaban J connectivity index is 4.32. The van der Waals surface area contributed by atoms with Gasteiger partial charge in [0.2, 0.25) is 0 Å². The van der Waals surface area contributed by atoms with E-state index in [1.54, 1.807) is 0 Å². The number of carbonyl (C=O) groups excluding carboxylic acids is 3. The molecule has 0 aliphatic rings. The second-order valence-electron chi connectivity index (χ2n) is 17.1. The van der Waals surface area contributed by atoms with Crippen LogP contribution in [0.15, 0.2) is 60.8 Å². The van der Waals surface area contributed by atoms with Gasteiger partial charge in [-0.05, 0) is 77.0 Å². The second-order valence-corrected chi connectivity index (χ2v) is 17.1. The van der Waals surface area contributed by atoms with Gasteiger partial charge in [0.1, 0.15) is 13.2 Å². The first kappa shape index (κ1) is 58.1. The predicted molar refractivity (Wildman–Crippen MR) is 261 cm³/mol. The summed E-state index contributed by atoms with van der Waals surface area (Å²) in [6.45, 7) is 6.47. The van der Waals surface area contributed by atoms with Crippen LogP contribution < -0.4 is 0 Å². The number of ether oxygens (including phenoxy) is 3. The molecule has 0 aromatic heterocycles. The monoisotopic (exact) mass is 853 g/mol. The maximum atomic E-state index is 12.8. The molecule has 0 aromatic carbocycles. The molecule has 0 aliphatic carbocycles. The predicted octanol–water partition coefficient (Wildman–Crippen LogP) is 16.9. The SMILES string of the molecule is CC/C=C\C/C=C\C/C=C\CCCCCCCCCCCC(=O)OCC(COC(=O)CCCCCCCCCCC)OC(=O)CCCCCCCC/C=C\C=C/CCCCC. The summed E-state index contributed by atoms with van der Waals surface area (Å²) in [4.78, 5) is 37.9. The number of rotatable bonds is 46. The lowest BCUT2D eigenvalue weighted by Crippen LogP contribution is -2.30. The standard InChI is InChI=1S/C55H96O6/c1-4-7-10-13-16-19-21-23-25-26-27-28-30-31-33-36-39-42-45-48-54(57)60-51-52(50-59-53(56)47-44-41-38-35-18-15-12-9-6-3)61-55(58)49-46-43-40-37-34-32-29-24-22-20-17-14-11-8-5-2/h7,10,16-17,19-20,22-25,52H,4-6,8-9,11-15,18,21,26-51H2,1-3H3/b10-7-,19-16-,20-17-,24-22-,25-23-. The number of unbranched alkanes of at least 4 members (excludes halogenated alkanes) is 26. The summed E-state index contributed by atoms with van der Waals surface area (Å²) >= 11 is 0. The largest absolute Gasteiger partial charge is 0.462 e. The molecule has 0 aromatic rings. The molecule has 0 heterocycles. The Hall–Kier alpha value is -2.89. The molecule has 0 aliphatic heterocycles. The van der Waals surface area contributed by atoms with E-state index in [0.717, 1.165) is 89.9 Å². The van der Waals surface area contributed by atoms with Crippen LogP contribution in [-0.2, 0) is 28.6 Å². The summed E-state index contributed by atoms with van der Waals surface area (Å²) in [7, 11) is 0. The topological polar surface area (TPSA) is 78.9 Å². The van der Waals surface area contributed by atoms with Gasteiger partial charge >= 0.3 is 17.9 Å². The molecule has 0 saturated carbocycles. The van der Waals surface area contributed by atoms with Crippen LogP contribution in [0.5, 0.6) is 0 Å². The van der Waals surface area contributed by atoms with E-state index in [0.29, 0.717) is 19.3 Å². The third-order valence-electron chi connectivity index (χ3n) is 11.0. The molecule has 0 rings (SSSR count). The summed E-state index contributed by atoms with van der Waals surface area (Å²) in [6.07, 6.45) is 60.6. The molecule has 352 valence electrons. The third kappa shape index (κ3) is 48.0. The van der Waals surface area contributed by atoms with Gasteiger partial charge in [-0.3, -0.25) is 14.4 Å². The van der Waals surface area contributed by atoms with E-state index >= 15 is 0 Å². The zero-order valence-corrected chi connectivity index (χ0v) is 40.2. The third-order valence-corrected chi connectivity index (χ3v) is 11.0. The van der Waals surface area contributed by atoms with E-state index in [1.165, 1.54) is 122 Å². The fourth-order valence-corrected chi connectivity index (χ4v) is 7.15. The summed E-state index contributed by atoms with van der Waals surface area (Å²) in [5, 5.41) is 0. The van der Waals surface area contributed by atoms with Crippen LogP contribution in [0.25, 0.3) is 0 Å². The van der Waals surface area contributed by atoms with E-state index in [2.05, 4.69) is 81.5 Å². The first-order valence-electron chi connectivity index (χ1n) is 25.8. The van der Waals surface area contributed by atoms with Crippen molar-refractivity contribution in [3.63, 3.8) is 0 Å². The van der Waals surface area contributed by atoms with Gasteiger partial charge in [0, 0.05) is 19.3 Å². The average Bonchev–Trinajstić information content (AvgIpc) is 3.26. The van der Waals surface area contributed by atoms with Crippen molar-refractivity contribution in [2.45, 2.75) is 258 Å². The first-order valence-corrected chi connectivity index (χ1v) is 25.8. The Labute approximate surface area is 377 Å². The van der Waals surface area contributed by atoms with E-state index in [9.17, 15) is 14.4 Å². The molecule has 6 heteroatoms. The quantitative estimate of drug-likeness (QED) is 0.0200. The Morgan fingerprint density at radius 1 is 0.361 bits per heavy atom. The molecule has 0 fully saturated rings. The summed E-state index contributed by atoms with van der Waals surface area (Å²) in [5.74, 6) is -0.895. The molecule has 1 unspecified atom stereocenters. The van der Waals surface area contributed by atoms with E-state index in [-0.39, 0.29) is 31.1 Å². The Kier molecular flexibility index (Phi) is 47.4. The van der Waals surface area contributed by atoms with Crippen molar-refractivity contribution in [1.29, 1.82) is 0 Å². The number of carbonyl (C=O) groups is 3. The summed E-state index contributed by atoms with van der Waals surface area (Å²) in [5.41, 5.74) is 0. The lowest BCUT2D eigenvalue weighted by atomic mass is 10.1. The Bertz CT molecular complexity index is 1120. The Morgan fingerprint density at radius 3 is 1.13 bits per heavy atom. The molecule has 61 heavy (non-hydrogen) atoms. The normalized spacial score (nSPS) is 12.5. The van der Waals surface area contributed by atoms with Crippen molar-refractivity contribution in [1.82, 2.24) is 0 Å². The molecule has 0 spiro atoms. The molecular formula is C55H96O6. The fourth-order valence-electron chi connectivity index (χ4n) is 7.15. The van der Waals surface area contributed by atoms with Gasteiger partial charge in [0.15, 0.2) is 6.10 Å². The van der Waals surface area contributed by atoms with Crippen molar-refractivity contribution in [2.75, 3.05) is 13.2 Å². The van der Waals surface area contributed by atoms with Gasteiger partial charge < -0.3 is 14.2 Å². The van der Waals surface area contributed by atoms with E-state index in [4.69, 9.17) is 14.2 Å². The van der Waals surface area contributed by atoms with Crippen molar-refractivity contribution < 1.29 is 28.6 Å². The van der Waals surface area contributed by atoms with Crippen LogP contribution in [0.1, 0.15) is 252 Å². The molecule has 0 radical (unpaired) electrons. The van der Waals surface area contributed by atoms with Crippen molar-refractivity contribution >= 4 is 17.9 Å².